The van der Waals surface area contributed by atoms with E-state index in [1.165, 1.54) is 0 Å². The Morgan fingerprint density at radius 2 is 1.81 bits per heavy atom. The third-order valence-corrected chi connectivity index (χ3v) is 5.61. The van der Waals surface area contributed by atoms with Crippen LogP contribution < -0.4 is 0 Å². The number of rotatable bonds is 14. The van der Waals surface area contributed by atoms with Gasteiger partial charge in [-0.25, -0.2) is 0 Å². The predicted molar refractivity (Wildman–Crippen MR) is 103 cm³/mol. The molecule has 156 valence electrons. The molecule has 4 N–H and O–H groups in total. The minimum Gasteiger partial charge on any atom is -0.481 e. The molecule has 0 aromatic heterocycles. The van der Waals surface area contributed by atoms with Crippen LogP contribution in [0.2, 0.25) is 0 Å². The summed E-state index contributed by atoms with van der Waals surface area (Å²) in [5.41, 5.74) is -1.35. The molecule has 6 nitrogen and oxygen atoms in total. The number of aliphatic hydroxyl groups excluding tert-OH is 2. The number of aldehydes is 1. The first-order chi connectivity index (χ1) is 12.8. The summed E-state index contributed by atoms with van der Waals surface area (Å²) >= 11 is 0. The fourth-order valence-corrected chi connectivity index (χ4v) is 3.91. The lowest BCUT2D eigenvalue weighted by Crippen LogP contribution is -2.29. The highest BCUT2D eigenvalue weighted by atomic mass is 16.4. The van der Waals surface area contributed by atoms with E-state index in [-0.39, 0.29) is 24.7 Å². The molecule has 1 aliphatic rings. The molecule has 5 atom stereocenters. The Kier molecular flexibility index (Phi) is 10.8. The van der Waals surface area contributed by atoms with Crippen molar-refractivity contribution in [2.75, 3.05) is 0 Å². The van der Waals surface area contributed by atoms with Gasteiger partial charge in [0.05, 0.1) is 12.2 Å². The van der Waals surface area contributed by atoms with E-state index in [1.54, 1.807) is 6.08 Å². The highest BCUT2D eigenvalue weighted by Gasteiger charge is 2.39. The highest BCUT2D eigenvalue weighted by Crippen LogP contribution is 2.37. The van der Waals surface area contributed by atoms with E-state index in [1.807, 2.05) is 13.0 Å². The van der Waals surface area contributed by atoms with Gasteiger partial charge in [0.15, 0.2) is 6.29 Å². The number of carboxylic acid groups (broad SMARTS) is 1. The molecule has 1 unspecified atom stereocenters. The molecule has 0 saturated heterocycles. The van der Waals surface area contributed by atoms with Crippen LogP contribution in [0.5, 0.6) is 0 Å². The van der Waals surface area contributed by atoms with E-state index in [9.17, 15) is 24.9 Å². The van der Waals surface area contributed by atoms with Gasteiger partial charge in [0.2, 0.25) is 0 Å². The molecule has 1 rings (SSSR count). The van der Waals surface area contributed by atoms with Gasteiger partial charge in [0.1, 0.15) is 5.60 Å². The van der Waals surface area contributed by atoms with Crippen LogP contribution in [0.25, 0.3) is 0 Å². The van der Waals surface area contributed by atoms with Gasteiger partial charge >= 0.3 is 5.97 Å². The molecule has 6 heteroatoms. The molecule has 0 aromatic rings. The van der Waals surface area contributed by atoms with Crippen LogP contribution in [-0.2, 0) is 9.59 Å². The quantitative estimate of drug-likeness (QED) is 0.208. The summed E-state index contributed by atoms with van der Waals surface area (Å²) in [4.78, 5) is 21.7. The lowest BCUT2D eigenvalue weighted by molar-refractivity contribution is -0.137. The summed E-state index contributed by atoms with van der Waals surface area (Å²) < 4.78 is 0. The van der Waals surface area contributed by atoms with Crippen molar-refractivity contribution >= 4 is 12.3 Å². The van der Waals surface area contributed by atoms with Gasteiger partial charge in [0.25, 0.3) is 0 Å². The Morgan fingerprint density at radius 3 is 2.44 bits per heavy atom. The zero-order valence-corrected chi connectivity index (χ0v) is 16.4. The summed E-state index contributed by atoms with van der Waals surface area (Å²) in [7, 11) is 0. The fraction of sp³-hybridized carbons (Fsp3) is 0.810. The zero-order chi connectivity index (χ0) is 20.3. The molecule has 0 aromatic carbocycles. The van der Waals surface area contributed by atoms with Crippen molar-refractivity contribution in [3.63, 3.8) is 0 Å². The molecule has 1 saturated carbocycles. The maximum atomic E-state index is 11.2. The molecular weight excluding hydrogens is 348 g/mol. The number of carboxylic acids is 1. The Bertz CT molecular complexity index is 477. The first kappa shape index (κ1) is 23.8. The summed E-state index contributed by atoms with van der Waals surface area (Å²) in [6, 6.07) is 0. The van der Waals surface area contributed by atoms with Crippen molar-refractivity contribution in [1.29, 1.82) is 0 Å². The molecule has 1 fully saturated rings. The van der Waals surface area contributed by atoms with E-state index in [0.29, 0.717) is 25.5 Å². The molecule has 0 heterocycles. The van der Waals surface area contributed by atoms with Crippen LogP contribution >= 0.6 is 0 Å². The first-order valence-electron chi connectivity index (χ1n) is 10.3. The van der Waals surface area contributed by atoms with Crippen molar-refractivity contribution < 1.29 is 30.0 Å². The Hall–Kier alpha value is -1.24. The van der Waals surface area contributed by atoms with Gasteiger partial charge in [-0.1, -0.05) is 51.2 Å². The van der Waals surface area contributed by atoms with Crippen LogP contribution in [0.3, 0.4) is 0 Å². The Labute approximate surface area is 162 Å². The van der Waals surface area contributed by atoms with Crippen molar-refractivity contribution in [2.45, 2.75) is 95.4 Å². The lowest BCUT2D eigenvalue weighted by Gasteiger charge is -2.22. The van der Waals surface area contributed by atoms with Crippen LogP contribution in [0.1, 0.15) is 77.6 Å². The molecule has 0 radical (unpaired) electrons. The molecule has 1 aliphatic carbocycles. The lowest BCUT2D eigenvalue weighted by atomic mass is 9.87. The van der Waals surface area contributed by atoms with Crippen LogP contribution in [0.15, 0.2) is 12.2 Å². The molecule has 27 heavy (non-hydrogen) atoms. The van der Waals surface area contributed by atoms with Gasteiger partial charge in [-0.3, -0.25) is 4.79 Å². The standard InChI is InChI=1S/C21H36O6/c1-2-3-12-21(27,15-22)13-8-10-17-16(18(23)14-19(17)24)9-6-4-5-7-11-20(25)26/h8,10,15-19,23-24,27H,2-7,9,11-14H2,1H3,(H,25,26)/t16-,17-,18+,19-,21?/m1/s1. The summed E-state index contributed by atoms with van der Waals surface area (Å²) in [5, 5.41) is 39.4. The Morgan fingerprint density at radius 1 is 1.11 bits per heavy atom. The largest absolute Gasteiger partial charge is 0.481 e. The van der Waals surface area contributed by atoms with Gasteiger partial charge in [0, 0.05) is 25.2 Å². The number of unbranched alkanes of at least 4 members (excludes halogenated alkanes) is 4. The smallest absolute Gasteiger partial charge is 0.303 e. The average Bonchev–Trinajstić information content (AvgIpc) is 2.89. The normalized spacial score (nSPS) is 27.7. The van der Waals surface area contributed by atoms with Crippen molar-refractivity contribution in [2.24, 2.45) is 11.8 Å². The van der Waals surface area contributed by atoms with Gasteiger partial charge in [-0.15, -0.1) is 0 Å². The van der Waals surface area contributed by atoms with Gasteiger partial charge in [-0.05, 0) is 25.2 Å². The van der Waals surface area contributed by atoms with Crippen LogP contribution in [-0.4, -0.2) is 50.5 Å². The molecule has 0 bridgehead atoms. The second-order valence-electron chi connectivity index (χ2n) is 7.92. The number of carbonyl (C=O) groups excluding carboxylic acids is 1. The number of aliphatic carboxylic acids is 1. The highest BCUT2D eigenvalue weighted by molar-refractivity contribution is 5.66. The maximum Gasteiger partial charge on any atom is 0.303 e. The minimum atomic E-state index is -1.35. The van der Waals surface area contributed by atoms with E-state index in [4.69, 9.17) is 5.11 Å². The van der Waals surface area contributed by atoms with Crippen molar-refractivity contribution in [1.82, 2.24) is 0 Å². The molecule has 0 aliphatic heterocycles. The number of aliphatic hydroxyl groups is 3. The van der Waals surface area contributed by atoms with Crippen molar-refractivity contribution in [3.8, 4) is 0 Å². The topological polar surface area (TPSA) is 115 Å². The van der Waals surface area contributed by atoms with Gasteiger partial charge < -0.3 is 25.2 Å². The van der Waals surface area contributed by atoms with Crippen LogP contribution in [0.4, 0.5) is 0 Å². The van der Waals surface area contributed by atoms with Crippen LogP contribution in [0, 0.1) is 11.8 Å². The number of carbonyl (C=O) groups is 2. The first-order valence-corrected chi connectivity index (χ1v) is 10.3. The van der Waals surface area contributed by atoms with E-state index in [2.05, 4.69) is 0 Å². The SMILES string of the molecule is CCCCC(O)(C=O)CC=C[C@@H]1[C@@H](CCCCCCC(=O)O)[C@@H](O)C[C@H]1O. The number of hydrogen-bond donors (Lipinski definition) is 4. The van der Waals surface area contributed by atoms with E-state index < -0.39 is 23.8 Å². The summed E-state index contributed by atoms with van der Waals surface area (Å²) in [6.45, 7) is 2.00. The molecule has 0 amide bonds. The summed E-state index contributed by atoms with van der Waals surface area (Å²) in [6.07, 6.45) is 9.95. The second kappa shape index (κ2) is 12.3. The third-order valence-electron chi connectivity index (χ3n) is 5.61. The number of hydrogen-bond acceptors (Lipinski definition) is 5. The summed E-state index contributed by atoms with van der Waals surface area (Å²) in [5.74, 6) is -0.999. The third kappa shape index (κ3) is 8.54. The average molecular weight is 385 g/mol. The zero-order valence-electron chi connectivity index (χ0n) is 16.4. The van der Waals surface area contributed by atoms with Crippen molar-refractivity contribution in [3.05, 3.63) is 12.2 Å². The minimum absolute atomic E-state index is 0.0457. The second-order valence-corrected chi connectivity index (χ2v) is 7.92. The predicted octanol–water partition coefficient (Wildman–Crippen LogP) is 2.84. The van der Waals surface area contributed by atoms with Gasteiger partial charge in [-0.2, -0.15) is 0 Å². The fourth-order valence-electron chi connectivity index (χ4n) is 3.91. The monoisotopic (exact) mass is 384 g/mol. The molecular formula is C21H36O6. The van der Waals surface area contributed by atoms with E-state index >= 15 is 0 Å². The molecule has 0 spiro atoms. The maximum absolute atomic E-state index is 11.2. The Balaban J connectivity index is 2.50. The van der Waals surface area contributed by atoms with E-state index in [0.717, 1.165) is 38.5 Å².